The zero-order chi connectivity index (χ0) is 29.3. The first-order valence-electron chi connectivity index (χ1n) is 12.4. The molecule has 0 radical (unpaired) electrons. The molecule has 1 unspecified atom stereocenters. The molecular formula is C28H38F3NO6. The van der Waals surface area contributed by atoms with E-state index in [-0.39, 0.29) is 30.1 Å². The molecular weight excluding hydrogens is 503 g/mol. The lowest BCUT2D eigenvalue weighted by atomic mass is 10.0. The SMILES string of the molecule is CC.CCC(=O)c1c(O)cc(C(C)CC/C=C/NC(=O)OC)oc1=O.Cc1ccc(CCC(F)(F)F)cc1. The van der Waals surface area contributed by atoms with Crippen molar-refractivity contribution in [1.29, 1.82) is 0 Å². The number of rotatable bonds is 9. The van der Waals surface area contributed by atoms with Crippen LogP contribution in [0.25, 0.3) is 0 Å². The van der Waals surface area contributed by atoms with Gasteiger partial charge in [-0.25, -0.2) is 9.59 Å². The summed E-state index contributed by atoms with van der Waals surface area (Å²) in [7, 11) is 1.27. The van der Waals surface area contributed by atoms with Gasteiger partial charge in [0.25, 0.3) is 0 Å². The fourth-order valence-corrected chi connectivity index (χ4v) is 2.97. The second kappa shape index (κ2) is 17.8. The van der Waals surface area contributed by atoms with Crippen molar-refractivity contribution in [3.05, 3.63) is 75.5 Å². The second-order valence-electron chi connectivity index (χ2n) is 8.09. The number of carbonyl (C=O) groups is 2. The lowest BCUT2D eigenvalue weighted by Crippen LogP contribution is -2.16. The third-order valence-electron chi connectivity index (χ3n) is 5.12. The average Bonchev–Trinajstić information content (AvgIpc) is 2.88. The largest absolute Gasteiger partial charge is 0.507 e. The number of nitrogens with one attached hydrogen (secondary N) is 1. The van der Waals surface area contributed by atoms with Crippen LogP contribution in [0, 0.1) is 6.92 Å². The minimum absolute atomic E-state index is 0.0732. The molecule has 1 aromatic carbocycles. The van der Waals surface area contributed by atoms with Crippen LogP contribution < -0.4 is 10.9 Å². The molecule has 0 saturated carbocycles. The molecule has 2 aromatic rings. The molecule has 0 spiro atoms. The lowest BCUT2D eigenvalue weighted by Gasteiger charge is -2.10. The van der Waals surface area contributed by atoms with Gasteiger partial charge in [0.2, 0.25) is 0 Å². The van der Waals surface area contributed by atoms with Gasteiger partial charge in [-0.1, -0.05) is 63.6 Å². The third-order valence-corrected chi connectivity index (χ3v) is 5.12. The molecule has 1 atom stereocenters. The molecule has 38 heavy (non-hydrogen) atoms. The van der Waals surface area contributed by atoms with E-state index in [1.54, 1.807) is 25.1 Å². The standard InChI is InChI=1S/C16H21NO6.C10H11F3.C2H6/c1-4-11(18)14-12(19)9-13(23-15(14)20)10(2)7-5-6-8-17-16(21)22-3;1-8-2-4-9(5-3-8)6-7-10(11,12)13;1-2/h6,8-10,19H,4-5,7H2,1-3H3,(H,17,21);2-5H,6-7H2,1H3;1-2H3/b8-6+;;. The number of ketones is 1. The summed E-state index contributed by atoms with van der Waals surface area (Å²) in [6.07, 6.45) is -0.707. The Kier molecular flexibility index (Phi) is 16.1. The number of aromatic hydroxyl groups is 1. The molecule has 7 nitrogen and oxygen atoms in total. The summed E-state index contributed by atoms with van der Waals surface area (Å²) >= 11 is 0. The summed E-state index contributed by atoms with van der Waals surface area (Å²) < 4.78 is 45.0. The maximum Gasteiger partial charge on any atom is 0.410 e. The van der Waals surface area contributed by atoms with Crippen molar-refractivity contribution >= 4 is 11.9 Å². The van der Waals surface area contributed by atoms with Crippen molar-refractivity contribution in [3.63, 3.8) is 0 Å². The number of Topliss-reactive ketones (excluding diaryl/α,β-unsaturated/α-hetero) is 1. The van der Waals surface area contributed by atoms with Crippen LogP contribution in [0.1, 0.15) is 86.5 Å². The highest BCUT2D eigenvalue weighted by Gasteiger charge is 2.26. The maximum absolute atomic E-state index is 11.8. The zero-order valence-corrected chi connectivity index (χ0v) is 22.8. The van der Waals surface area contributed by atoms with Gasteiger partial charge >= 0.3 is 17.9 Å². The van der Waals surface area contributed by atoms with E-state index in [9.17, 15) is 32.7 Å². The molecule has 0 aliphatic carbocycles. The van der Waals surface area contributed by atoms with Gasteiger partial charge in [-0.15, -0.1) is 0 Å². The second-order valence-corrected chi connectivity index (χ2v) is 8.09. The Labute approximate surface area is 221 Å². The predicted molar refractivity (Wildman–Crippen MR) is 140 cm³/mol. The topological polar surface area (TPSA) is 106 Å². The van der Waals surface area contributed by atoms with Crippen LogP contribution in [-0.2, 0) is 11.2 Å². The Morgan fingerprint density at radius 3 is 2.29 bits per heavy atom. The fraction of sp³-hybridized carbons (Fsp3) is 0.464. The van der Waals surface area contributed by atoms with Gasteiger partial charge < -0.3 is 14.3 Å². The molecule has 1 heterocycles. The zero-order valence-electron chi connectivity index (χ0n) is 22.8. The van der Waals surface area contributed by atoms with E-state index < -0.39 is 30.1 Å². The molecule has 0 aliphatic heterocycles. The van der Waals surface area contributed by atoms with Crippen molar-refractivity contribution in [2.45, 2.75) is 78.8 Å². The summed E-state index contributed by atoms with van der Waals surface area (Å²) in [6.45, 7) is 9.35. The van der Waals surface area contributed by atoms with Gasteiger partial charge in [0.15, 0.2) is 5.78 Å². The number of amides is 1. The van der Waals surface area contributed by atoms with Crippen LogP contribution in [0.15, 0.2) is 51.8 Å². The van der Waals surface area contributed by atoms with Crippen LogP contribution in [0.2, 0.25) is 0 Å². The van der Waals surface area contributed by atoms with Crippen molar-refractivity contribution in [1.82, 2.24) is 5.32 Å². The van der Waals surface area contributed by atoms with Crippen molar-refractivity contribution in [2.75, 3.05) is 7.11 Å². The van der Waals surface area contributed by atoms with E-state index >= 15 is 0 Å². The average molecular weight is 542 g/mol. The number of alkyl carbamates (subject to hydrolysis) is 1. The third kappa shape index (κ3) is 13.7. The summed E-state index contributed by atoms with van der Waals surface area (Å²) in [5.41, 5.74) is 0.686. The van der Waals surface area contributed by atoms with Crippen molar-refractivity contribution in [3.8, 4) is 5.75 Å². The molecule has 0 saturated heterocycles. The summed E-state index contributed by atoms with van der Waals surface area (Å²) in [4.78, 5) is 34.2. The van der Waals surface area contributed by atoms with Crippen molar-refractivity contribution in [2.24, 2.45) is 0 Å². The number of benzene rings is 1. The summed E-state index contributed by atoms with van der Waals surface area (Å²) in [5.74, 6) is -0.623. The number of methoxy groups -OCH3 is 1. The Morgan fingerprint density at radius 1 is 1.18 bits per heavy atom. The van der Waals surface area contributed by atoms with Crippen molar-refractivity contribution < 1.29 is 37.0 Å². The van der Waals surface area contributed by atoms with Crippen LogP contribution in [-0.4, -0.2) is 30.3 Å². The highest BCUT2D eigenvalue weighted by atomic mass is 19.4. The maximum atomic E-state index is 11.8. The van der Waals surface area contributed by atoms with Gasteiger partial charge in [0.05, 0.1) is 7.11 Å². The predicted octanol–water partition coefficient (Wildman–Crippen LogP) is 7.21. The van der Waals surface area contributed by atoms with Gasteiger partial charge in [-0.2, -0.15) is 13.2 Å². The fourth-order valence-electron chi connectivity index (χ4n) is 2.97. The van der Waals surface area contributed by atoms with E-state index in [0.29, 0.717) is 18.6 Å². The summed E-state index contributed by atoms with van der Waals surface area (Å²) in [5, 5.41) is 12.3. The minimum atomic E-state index is -4.05. The molecule has 1 aromatic heterocycles. The van der Waals surface area contributed by atoms with Gasteiger partial charge in [-0.05, 0) is 31.7 Å². The van der Waals surface area contributed by atoms with Gasteiger partial charge in [-0.3, -0.25) is 10.1 Å². The molecule has 0 bridgehead atoms. The van der Waals surface area contributed by atoms with Crippen LogP contribution in [0.3, 0.4) is 0 Å². The molecule has 212 valence electrons. The summed E-state index contributed by atoms with van der Waals surface area (Å²) in [6, 6.07) is 8.44. The molecule has 2 rings (SSSR count). The number of carbonyl (C=O) groups excluding carboxylic acids is 2. The number of hydrogen-bond acceptors (Lipinski definition) is 6. The highest BCUT2D eigenvalue weighted by Crippen LogP contribution is 2.25. The molecule has 0 aliphatic rings. The molecule has 1 amide bonds. The van der Waals surface area contributed by atoms with E-state index in [2.05, 4.69) is 10.1 Å². The van der Waals surface area contributed by atoms with E-state index in [1.165, 1.54) is 19.4 Å². The number of hydrogen-bond donors (Lipinski definition) is 2. The van der Waals surface area contributed by atoms with E-state index in [4.69, 9.17) is 4.42 Å². The first kappa shape index (κ1) is 34.4. The highest BCUT2D eigenvalue weighted by molar-refractivity contribution is 5.97. The normalized spacial score (nSPS) is 11.5. The van der Waals surface area contributed by atoms with Gasteiger partial charge in [0.1, 0.15) is 17.1 Å². The minimum Gasteiger partial charge on any atom is -0.507 e. The molecule has 2 N–H and O–H groups in total. The Bertz CT molecular complexity index is 1080. The smallest absolute Gasteiger partial charge is 0.410 e. The Balaban J connectivity index is 0.000000770. The van der Waals surface area contributed by atoms with Gasteiger partial charge in [0, 0.05) is 31.0 Å². The first-order chi connectivity index (χ1) is 17.9. The van der Waals surface area contributed by atoms with Crippen LogP contribution in [0.4, 0.5) is 18.0 Å². The van der Waals surface area contributed by atoms with Crippen LogP contribution in [0.5, 0.6) is 5.75 Å². The lowest BCUT2D eigenvalue weighted by molar-refractivity contribution is -0.134. The number of alkyl halides is 3. The van der Waals surface area contributed by atoms with E-state index in [0.717, 1.165) is 11.1 Å². The Morgan fingerprint density at radius 2 is 1.79 bits per heavy atom. The number of halogens is 3. The quantitative estimate of drug-likeness (QED) is 0.325. The molecule has 10 heteroatoms. The number of allylic oxidation sites excluding steroid dienone is 1. The number of aryl methyl sites for hydroxylation is 2. The van der Waals surface area contributed by atoms with Crippen LogP contribution >= 0.6 is 0 Å². The monoisotopic (exact) mass is 541 g/mol. The first-order valence-corrected chi connectivity index (χ1v) is 12.4. The number of ether oxygens (including phenoxy) is 1. The Hall–Kier alpha value is -3.56. The van der Waals surface area contributed by atoms with E-state index in [1.807, 2.05) is 39.8 Å². The molecule has 0 fully saturated rings.